The number of amides is 1. The van der Waals surface area contributed by atoms with E-state index in [4.69, 9.17) is 0 Å². The van der Waals surface area contributed by atoms with Crippen LogP contribution in [0.4, 0.5) is 5.69 Å². The third-order valence-electron chi connectivity index (χ3n) is 4.32. The molecular formula is C15H19BrN2O. The van der Waals surface area contributed by atoms with Crippen LogP contribution < -0.4 is 10.6 Å². The lowest BCUT2D eigenvalue weighted by molar-refractivity contribution is -0.120. The summed E-state index contributed by atoms with van der Waals surface area (Å²) in [6.45, 7) is 4.09. The van der Waals surface area contributed by atoms with Crippen molar-refractivity contribution in [2.45, 2.75) is 45.2 Å². The standard InChI is InChI=1S/C15H19BrN2O/c1-8-5-9(2)14(12(16)6-8)18-15(19)11-7-10-3-4-13(11)17-10/h5-6,10-11,13,17H,3-4,7H2,1-2H3,(H,18,19). The number of fused-ring (bicyclic) bond motifs is 2. The Bertz CT molecular complexity index is 506. The molecule has 3 unspecified atom stereocenters. The van der Waals surface area contributed by atoms with E-state index < -0.39 is 0 Å². The molecular weight excluding hydrogens is 304 g/mol. The SMILES string of the molecule is Cc1cc(C)c(NC(=O)C2CC3CCC2N3)c(Br)c1. The van der Waals surface area contributed by atoms with Gasteiger partial charge in [0.25, 0.3) is 0 Å². The Morgan fingerprint density at radius 2 is 2.16 bits per heavy atom. The molecule has 2 saturated heterocycles. The molecule has 2 N–H and O–H groups in total. The second-order valence-electron chi connectivity index (χ2n) is 5.82. The Hall–Kier alpha value is -0.870. The van der Waals surface area contributed by atoms with Crippen molar-refractivity contribution in [2.24, 2.45) is 5.92 Å². The van der Waals surface area contributed by atoms with E-state index in [9.17, 15) is 4.79 Å². The van der Waals surface area contributed by atoms with Gasteiger partial charge in [-0.3, -0.25) is 4.79 Å². The van der Waals surface area contributed by atoms with Crippen molar-refractivity contribution in [2.75, 3.05) is 5.32 Å². The molecule has 2 fully saturated rings. The van der Waals surface area contributed by atoms with Crippen LogP contribution in [0.15, 0.2) is 16.6 Å². The first-order chi connectivity index (χ1) is 9.04. The first-order valence-corrected chi connectivity index (χ1v) is 7.67. The van der Waals surface area contributed by atoms with E-state index in [0.717, 1.165) is 28.6 Å². The molecule has 0 saturated carbocycles. The number of rotatable bonds is 2. The summed E-state index contributed by atoms with van der Waals surface area (Å²) < 4.78 is 0.967. The largest absolute Gasteiger partial charge is 0.325 e. The van der Waals surface area contributed by atoms with Gasteiger partial charge in [0, 0.05) is 16.6 Å². The monoisotopic (exact) mass is 322 g/mol. The fourth-order valence-electron chi connectivity index (χ4n) is 3.40. The van der Waals surface area contributed by atoms with Crippen LogP contribution in [0.25, 0.3) is 0 Å². The lowest BCUT2D eigenvalue weighted by Crippen LogP contribution is -2.33. The molecule has 3 nitrogen and oxygen atoms in total. The highest BCUT2D eigenvalue weighted by Gasteiger charge is 2.42. The summed E-state index contributed by atoms with van der Waals surface area (Å²) in [6, 6.07) is 5.08. The van der Waals surface area contributed by atoms with Gasteiger partial charge in [0.2, 0.25) is 5.91 Å². The maximum Gasteiger partial charge on any atom is 0.229 e. The van der Waals surface area contributed by atoms with Crippen LogP contribution in [0.3, 0.4) is 0 Å². The first-order valence-electron chi connectivity index (χ1n) is 6.88. The average Bonchev–Trinajstić information content (AvgIpc) is 2.95. The van der Waals surface area contributed by atoms with Gasteiger partial charge < -0.3 is 10.6 Å². The van der Waals surface area contributed by atoms with Crippen LogP contribution in [0.1, 0.15) is 30.4 Å². The number of carbonyl (C=O) groups excluding carboxylic acids is 1. The van der Waals surface area contributed by atoms with E-state index in [1.807, 2.05) is 13.0 Å². The number of hydrogen-bond acceptors (Lipinski definition) is 2. The highest BCUT2D eigenvalue weighted by molar-refractivity contribution is 9.10. The number of aryl methyl sites for hydroxylation is 2. The minimum Gasteiger partial charge on any atom is -0.325 e. The van der Waals surface area contributed by atoms with Crippen molar-refractivity contribution in [3.8, 4) is 0 Å². The molecule has 3 atom stereocenters. The number of benzene rings is 1. The van der Waals surface area contributed by atoms with Crippen molar-refractivity contribution in [3.63, 3.8) is 0 Å². The number of halogens is 1. The molecule has 2 bridgehead atoms. The predicted molar refractivity (Wildman–Crippen MR) is 80.3 cm³/mol. The van der Waals surface area contributed by atoms with Crippen LogP contribution in [0, 0.1) is 19.8 Å². The second-order valence-corrected chi connectivity index (χ2v) is 6.67. The number of anilines is 1. The van der Waals surface area contributed by atoms with Crippen molar-refractivity contribution in [1.29, 1.82) is 0 Å². The molecule has 0 aliphatic carbocycles. The zero-order valence-corrected chi connectivity index (χ0v) is 12.9. The van der Waals surface area contributed by atoms with Crippen molar-refractivity contribution in [1.82, 2.24) is 5.32 Å². The van der Waals surface area contributed by atoms with Crippen LogP contribution in [0.2, 0.25) is 0 Å². The number of nitrogens with one attached hydrogen (secondary N) is 2. The van der Waals surface area contributed by atoms with Crippen LogP contribution in [0.5, 0.6) is 0 Å². The Morgan fingerprint density at radius 1 is 1.37 bits per heavy atom. The van der Waals surface area contributed by atoms with Gasteiger partial charge in [0.15, 0.2) is 0 Å². The summed E-state index contributed by atoms with van der Waals surface area (Å²) >= 11 is 3.55. The lowest BCUT2D eigenvalue weighted by Gasteiger charge is -2.20. The van der Waals surface area contributed by atoms with E-state index in [1.165, 1.54) is 12.0 Å². The van der Waals surface area contributed by atoms with Crippen molar-refractivity contribution < 1.29 is 4.79 Å². The van der Waals surface area contributed by atoms with Gasteiger partial charge in [-0.25, -0.2) is 0 Å². The molecule has 2 aliphatic rings. The quantitative estimate of drug-likeness (QED) is 0.878. The maximum absolute atomic E-state index is 12.4. The Kier molecular flexibility index (Phi) is 3.39. The molecule has 0 aromatic heterocycles. The summed E-state index contributed by atoms with van der Waals surface area (Å²) in [7, 11) is 0. The predicted octanol–water partition coefficient (Wildman–Crippen LogP) is 3.14. The lowest BCUT2D eigenvalue weighted by atomic mass is 9.88. The van der Waals surface area contributed by atoms with Crippen molar-refractivity contribution >= 4 is 27.5 Å². The van der Waals surface area contributed by atoms with E-state index >= 15 is 0 Å². The highest BCUT2D eigenvalue weighted by atomic mass is 79.9. The first kappa shape index (κ1) is 13.1. The summed E-state index contributed by atoms with van der Waals surface area (Å²) in [4.78, 5) is 12.4. The van der Waals surface area contributed by atoms with Crippen molar-refractivity contribution in [3.05, 3.63) is 27.7 Å². The second kappa shape index (κ2) is 4.91. The highest BCUT2D eigenvalue weighted by Crippen LogP contribution is 2.35. The van der Waals surface area contributed by atoms with Crippen LogP contribution in [-0.4, -0.2) is 18.0 Å². The zero-order valence-electron chi connectivity index (χ0n) is 11.3. The molecule has 3 rings (SSSR count). The Balaban J connectivity index is 1.77. The van der Waals surface area contributed by atoms with Gasteiger partial charge in [-0.1, -0.05) is 6.07 Å². The number of carbonyl (C=O) groups is 1. The molecule has 1 amide bonds. The fraction of sp³-hybridized carbons (Fsp3) is 0.533. The minimum absolute atomic E-state index is 0.131. The van der Waals surface area contributed by atoms with Gasteiger partial charge in [0.1, 0.15) is 0 Å². The smallest absolute Gasteiger partial charge is 0.229 e. The average molecular weight is 323 g/mol. The topological polar surface area (TPSA) is 41.1 Å². The molecule has 1 aromatic carbocycles. The minimum atomic E-state index is 0.131. The van der Waals surface area contributed by atoms with Gasteiger partial charge in [-0.2, -0.15) is 0 Å². The molecule has 2 aliphatic heterocycles. The normalized spacial score (nSPS) is 28.7. The van der Waals surface area contributed by atoms with E-state index in [0.29, 0.717) is 12.1 Å². The summed E-state index contributed by atoms with van der Waals surface area (Å²) in [5.41, 5.74) is 3.22. The molecule has 0 radical (unpaired) electrons. The van der Waals surface area contributed by atoms with E-state index in [2.05, 4.69) is 39.6 Å². The Morgan fingerprint density at radius 3 is 2.74 bits per heavy atom. The summed E-state index contributed by atoms with van der Waals surface area (Å²) in [5.74, 6) is 0.290. The van der Waals surface area contributed by atoms with Crippen LogP contribution >= 0.6 is 15.9 Å². The molecule has 4 heteroatoms. The van der Waals surface area contributed by atoms with E-state index in [1.54, 1.807) is 0 Å². The fourth-order valence-corrected chi connectivity index (χ4v) is 4.18. The molecule has 0 spiro atoms. The number of hydrogen-bond donors (Lipinski definition) is 2. The summed E-state index contributed by atoms with van der Waals surface area (Å²) in [5, 5.41) is 6.62. The van der Waals surface area contributed by atoms with Gasteiger partial charge >= 0.3 is 0 Å². The van der Waals surface area contributed by atoms with Crippen LogP contribution in [-0.2, 0) is 4.79 Å². The summed E-state index contributed by atoms with van der Waals surface area (Å²) in [6.07, 6.45) is 3.34. The van der Waals surface area contributed by atoms with E-state index in [-0.39, 0.29) is 11.8 Å². The molecule has 1 aromatic rings. The van der Waals surface area contributed by atoms with Gasteiger partial charge in [0.05, 0.1) is 11.6 Å². The molecule has 102 valence electrons. The zero-order chi connectivity index (χ0) is 13.6. The molecule has 2 heterocycles. The third-order valence-corrected chi connectivity index (χ3v) is 4.94. The maximum atomic E-state index is 12.4. The molecule has 19 heavy (non-hydrogen) atoms. The Labute approximate surface area is 122 Å². The third kappa shape index (κ3) is 2.43. The van der Waals surface area contributed by atoms with Gasteiger partial charge in [-0.15, -0.1) is 0 Å². The van der Waals surface area contributed by atoms with Gasteiger partial charge in [-0.05, 0) is 66.2 Å².